The van der Waals surface area contributed by atoms with Gasteiger partial charge in [-0.3, -0.25) is 19.2 Å². The summed E-state index contributed by atoms with van der Waals surface area (Å²) in [5.41, 5.74) is 4.62. The van der Waals surface area contributed by atoms with Gasteiger partial charge in [0.15, 0.2) is 0 Å². The summed E-state index contributed by atoms with van der Waals surface area (Å²) in [7, 11) is 0. The fraction of sp³-hybridized carbons (Fsp3) is 0.0667. The van der Waals surface area contributed by atoms with Crippen LogP contribution in [0.25, 0.3) is 6.08 Å². The number of benzene rings is 6. The summed E-state index contributed by atoms with van der Waals surface area (Å²) in [6.45, 7) is 1.85. The molecule has 10 heteroatoms. The Labute approximate surface area is 323 Å². The van der Waals surface area contributed by atoms with Crippen molar-refractivity contribution in [3.63, 3.8) is 0 Å². The molecule has 0 saturated heterocycles. The zero-order valence-corrected chi connectivity index (χ0v) is 30.7. The van der Waals surface area contributed by atoms with Crippen molar-refractivity contribution < 1.29 is 23.9 Å². The SMILES string of the molecule is CC(=O)Nc1ccc(NC(=O)C(Sc2cccc(NC(=O)/C(=C/c3ccc(OCc4ccccc4)cc3)NC(=O)c3ccccc3)c2)c2ccccc2)cc1. The van der Waals surface area contributed by atoms with Gasteiger partial charge < -0.3 is 26.0 Å². The Morgan fingerprint density at radius 3 is 1.91 bits per heavy atom. The quantitative estimate of drug-likeness (QED) is 0.0651. The zero-order valence-electron chi connectivity index (χ0n) is 29.9. The molecule has 55 heavy (non-hydrogen) atoms. The Balaban J connectivity index is 1.19. The fourth-order valence-corrected chi connectivity index (χ4v) is 6.52. The smallest absolute Gasteiger partial charge is 0.272 e. The van der Waals surface area contributed by atoms with Gasteiger partial charge in [0.25, 0.3) is 11.8 Å². The monoisotopic (exact) mass is 746 g/mol. The lowest BCUT2D eigenvalue weighted by molar-refractivity contribution is -0.116. The summed E-state index contributed by atoms with van der Waals surface area (Å²) in [4.78, 5) is 52.9. The number of ether oxygens (including phenoxy) is 1. The third kappa shape index (κ3) is 11.3. The largest absolute Gasteiger partial charge is 0.489 e. The second-order valence-electron chi connectivity index (χ2n) is 12.4. The molecule has 0 heterocycles. The summed E-state index contributed by atoms with van der Waals surface area (Å²) in [6.07, 6.45) is 1.61. The first kappa shape index (κ1) is 37.8. The van der Waals surface area contributed by atoms with Gasteiger partial charge >= 0.3 is 0 Å². The predicted octanol–water partition coefficient (Wildman–Crippen LogP) is 9.11. The van der Waals surface area contributed by atoms with E-state index in [2.05, 4.69) is 21.3 Å². The van der Waals surface area contributed by atoms with Crippen LogP contribution in [0.1, 0.15) is 39.2 Å². The van der Waals surface area contributed by atoms with Gasteiger partial charge in [0.1, 0.15) is 23.3 Å². The minimum absolute atomic E-state index is 0.0379. The van der Waals surface area contributed by atoms with Gasteiger partial charge in [0.05, 0.1) is 0 Å². The number of hydrogen-bond donors (Lipinski definition) is 4. The topological polar surface area (TPSA) is 126 Å². The number of rotatable bonds is 14. The van der Waals surface area contributed by atoms with Crippen LogP contribution in [0.4, 0.5) is 17.1 Å². The molecule has 6 rings (SSSR count). The van der Waals surface area contributed by atoms with E-state index in [4.69, 9.17) is 4.74 Å². The van der Waals surface area contributed by atoms with E-state index in [1.165, 1.54) is 18.7 Å². The van der Waals surface area contributed by atoms with Crippen LogP contribution in [0, 0.1) is 0 Å². The molecule has 0 aliphatic rings. The minimum Gasteiger partial charge on any atom is -0.489 e. The minimum atomic E-state index is -0.637. The van der Waals surface area contributed by atoms with Gasteiger partial charge in [-0.2, -0.15) is 0 Å². The Hall–Kier alpha value is -6.91. The van der Waals surface area contributed by atoms with Crippen LogP contribution >= 0.6 is 11.8 Å². The Bertz CT molecular complexity index is 2270. The molecule has 0 fully saturated rings. The van der Waals surface area contributed by atoms with Crippen LogP contribution in [-0.4, -0.2) is 23.6 Å². The van der Waals surface area contributed by atoms with Crippen LogP contribution in [0.15, 0.2) is 174 Å². The predicted molar refractivity (Wildman–Crippen MR) is 219 cm³/mol. The molecule has 0 aliphatic carbocycles. The normalized spacial score (nSPS) is 11.5. The average Bonchev–Trinajstić information content (AvgIpc) is 3.21. The fourth-order valence-electron chi connectivity index (χ4n) is 5.44. The summed E-state index contributed by atoms with van der Waals surface area (Å²) >= 11 is 1.33. The van der Waals surface area contributed by atoms with Gasteiger partial charge in [-0.1, -0.05) is 97.1 Å². The second kappa shape index (κ2) is 18.7. The van der Waals surface area contributed by atoms with Gasteiger partial charge in [-0.25, -0.2) is 0 Å². The first-order chi connectivity index (χ1) is 26.8. The maximum absolute atomic E-state index is 13.8. The van der Waals surface area contributed by atoms with Crippen LogP contribution in [0.2, 0.25) is 0 Å². The Morgan fingerprint density at radius 1 is 0.636 bits per heavy atom. The lowest BCUT2D eigenvalue weighted by atomic mass is 10.1. The number of anilines is 3. The number of carbonyl (C=O) groups is 4. The number of carbonyl (C=O) groups excluding carboxylic acids is 4. The van der Waals surface area contributed by atoms with Crippen molar-refractivity contribution >= 4 is 58.5 Å². The van der Waals surface area contributed by atoms with Crippen LogP contribution < -0.4 is 26.0 Å². The van der Waals surface area contributed by atoms with E-state index in [-0.39, 0.29) is 17.5 Å². The highest BCUT2D eigenvalue weighted by molar-refractivity contribution is 8.00. The summed E-state index contributed by atoms with van der Waals surface area (Å²) in [5.74, 6) is -0.734. The number of thioether (sulfide) groups is 1. The van der Waals surface area contributed by atoms with E-state index < -0.39 is 17.1 Å². The second-order valence-corrected chi connectivity index (χ2v) is 13.5. The number of amides is 4. The summed E-state index contributed by atoms with van der Waals surface area (Å²) in [6, 6.07) is 49.2. The molecule has 0 aliphatic heterocycles. The molecule has 0 bridgehead atoms. The van der Waals surface area contributed by atoms with Crippen molar-refractivity contribution in [1.29, 1.82) is 0 Å². The van der Waals surface area contributed by atoms with E-state index in [0.29, 0.717) is 40.5 Å². The van der Waals surface area contributed by atoms with Crippen LogP contribution in [0.5, 0.6) is 5.75 Å². The van der Waals surface area contributed by atoms with Crippen molar-refractivity contribution in [2.24, 2.45) is 0 Å². The molecule has 6 aromatic carbocycles. The molecule has 1 atom stereocenters. The van der Waals surface area contributed by atoms with Gasteiger partial charge in [0, 0.05) is 34.4 Å². The molecule has 0 aromatic heterocycles. The van der Waals surface area contributed by atoms with Gasteiger partial charge in [0.2, 0.25) is 11.8 Å². The maximum Gasteiger partial charge on any atom is 0.272 e. The highest BCUT2D eigenvalue weighted by Gasteiger charge is 2.23. The molecule has 6 aromatic rings. The van der Waals surface area contributed by atoms with Crippen molar-refractivity contribution in [2.45, 2.75) is 23.7 Å². The third-order valence-corrected chi connectivity index (χ3v) is 9.38. The Morgan fingerprint density at radius 2 is 1.25 bits per heavy atom. The molecule has 274 valence electrons. The maximum atomic E-state index is 13.8. The van der Waals surface area contributed by atoms with Crippen LogP contribution in [0.3, 0.4) is 0 Å². The van der Waals surface area contributed by atoms with E-state index >= 15 is 0 Å². The van der Waals surface area contributed by atoms with E-state index in [9.17, 15) is 19.2 Å². The van der Waals surface area contributed by atoms with Crippen molar-refractivity contribution in [1.82, 2.24) is 5.32 Å². The van der Waals surface area contributed by atoms with E-state index in [0.717, 1.165) is 16.0 Å². The van der Waals surface area contributed by atoms with Crippen molar-refractivity contribution in [3.8, 4) is 5.75 Å². The summed E-state index contributed by atoms with van der Waals surface area (Å²) < 4.78 is 5.92. The highest BCUT2D eigenvalue weighted by atomic mass is 32.2. The molecular weight excluding hydrogens is 709 g/mol. The number of hydrogen-bond acceptors (Lipinski definition) is 6. The first-order valence-electron chi connectivity index (χ1n) is 17.5. The molecule has 0 spiro atoms. The third-order valence-electron chi connectivity index (χ3n) is 8.13. The number of nitrogens with one attached hydrogen (secondary N) is 4. The lowest BCUT2D eigenvalue weighted by Crippen LogP contribution is -2.30. The summed E-state index contributed by atoms with van der Waals surface area (Å²) in [5, 5.41) is 10.8. The average molecular weight is 747 g/mol. The molecular formula is C45H38N4O5S. The first-order valence-corrected chi connectivity index (χ1v) is 18.3. The highest BCUT2D eigenvalue weighted by Crippen LogP contribution is 2.37. The molecule has 0 radical (unpaired) electrons. The van der Waals surface area contributed by atoms with Gasteiger partial charge in [-0.05, 0) is 89.5 Å². The van der Waals surface area contributed by atoms with Crippen LogP contribution in [-0.2, 0) is 21.0 Å². The standard InChI is InChI=1S/C45H38N4O5S/c1-31(50)46-36-22-24-37(25-23-36)47-45(53)42(34-14-7-3-8-15-34)55-40-19-11-18-38(29-40)48-44(52)41(49-43(51)35-16-9-4-10-17-35)28-32-20-26-39(27-21-32)54-30-33-12-5-2-6-13-33/h2-29,42H,30H2,1H3,(H,46,50)(H,47,53)(H,48,52)(H,49,51)/b41-28-. The Kier molecular flexibility index (Phi) is 12.9. The molecule has 1 unspecified atom stereocenters. The molecule has 4 amide bonds. The molecule has 9 nitrogen and oxygen atoms in total. The lowest BCUT2D eigenvalue weighted by Gasteiger charge is -2.18. The molecule has 4 N–H and O–H groups in total. The van der Waals surface area contributed by atoms with E-state index in [1.807, 2.05) is 97.1 Å². The van der Waals surface area contributed by atoms with Gasteiger partial charge in [-0.15, -0.1) is 11.8 Å². The zero-order chi connectivity index (χ0) is 38.4. The molecule has 0 saturated carbocycles. The van der Waals surface area contributed by atoms with E-state index in [1.54, 1.807) is 72.8 Å². The van der Waals surface area contributed by atoms with Crippen molar-refractivity contribution in [2.75, 3.05) is 16.0 Å². The van der Waals surface area contributed by atoms with Crippen molar-refractivity contribution in [3.05, 3.63) is 192 Å².